The molecular formula is C28H20FN3O3S2. The largest absolute Gasteiger partial charge is 0.298 e. The number of halogens is 1. The first kappa shape index (κ1) is 24.4. The van der Waals surface area contributed by atoms with Gasteiger partial charge in [0.05, 0.1) is 15.5 Å². The molecule has 0 bridgehead atoms. The van der Waals surface area contributed by atoms with E-state index >= 15 is 0 Å². The molecule has 0 atom stereocenters. The summed E-state index contributed by atoms with van der Waals surface area (Å²) in [5.74, 6) is -0.901. The maximum absolute atomic E-state index is 13.1. The zero-order chi connectivity index (χ0) is 25.8. The molecule has 0 spiro atoms. The van der Waals surface area contributed by atoms with Crippen molar-refractivity contribution in [2.75, 3.05) is 10.0 Å². The van der Waals surface area contributed by atoms with Crippen molar-refractivity contribution in [3.05, 3.63) is 121 Å². The molecular weight excluding hydrogens is 509 g/mol. The topological polar surface area (TPSA) is 88.2 Å². The van der Waals surface area contributed by atoms with Gasteiger partial charge in [0, 0.05) is 16.8 Å². The fraction of sp³-hybridized carbons (Fsp3) is 0. The minimum atomic E-state index is -3.89. The summed E-state index contributed by atoms with van der Waals surface area (Å²) in [6.45, 7) is 0. The number of amides is 1. The molecule has 184 valence electrons. The summed E-state index contributed by atoms with van der Waals surface area (Å²) in [5, 5.41) is 3.30. The van der Waals surface area contributed by atoms with E-state index in [1.165, 1.54) is 47.7 Å². The lowest BCUT2D eigenvalue weighted by Gasteiger charge is -2.09. The Morgan fingerprint density at radius 3 is 1.97 bits per heavy atom. The summed E-state index contributed by atoms with van der Waals surface area (Å²) in [7, 11) is -3.89. The minimum absolute atomic E-state index is 0.0667. The van der Waals surface area contributed by atoms with E-state index in [0.717, 1.165) is 33.8 Å². The molecule has 1 heterocycles. The van der Waals surface area contributed by atoms with E-state index in [1.807, 2.05) is 60.7 Å². The predicted octanol–water partition coefficient (Wildman–Crippen LogP) is 6.67. The molecule has 2 N–H and O–H groups in total. The van der Waals surface area contributed by atoms with E-state index in [1.54, 1.807) is 0 Å². The van der Waals surface area contributed by atoms with Gasteiger partial charge in [0.2, 0.25) is 0 Å². The second-order valence-corrected chi connectivity index (χ2v) is 10.7. The molecule has 0 radical (unpaired) electrons. The van der Waals surface area contributed by atoms with Crippen molar-refractivity contribution in [2.45, 2.75) is 4.90 Å². The fourth-order valence-electron chi connectivity index (χ4n) is 3.64. The molecule has 0 unspecified atom stereocenters. The van der Waals surface area contributed by atoms with Crippen LogP contribution in [0.3, 0.4) is 0 Å². The van der Waals surface area contributed by atoms with Crippen LogP contribution < -0.4 is 10.0 Å². The van der Waals surface area contributed by atoms with Crippen LogP contribution in [-0.4, -0.2) is 19.3 Å². The average molecular weight is 530 g/mol. The number of nitrogens with zero attached hydrogens (tertiary/aromatic N) is 1. The normalized spacial score (nSPS) is 11.2. The maximum Gasteiger partial charge on any atom is 0.261 e. The van der Waals surface area contributed by atoms with Gasteiger partial charge in [-0.25, -0.2) is 17.8 Å². The molecule has 4 aromatic carbocycles. The molecule has 0 aliphatic rings. The van der Waals surface area contributed by atoms with Crippen molar-refractivity contribution in [1.29, 1.82) is 0 Å². The number of benzene rings is 4. The van der Waals surface area contributed by atoms with Crippen LogP contribution in [0.1, 0.15) is 10.4 Å². The average Bonchev–Trinajstić information content (AvgIpc) is 3.34. The van der Waals surface area contributed by atoms with Crippen molar-refractivity contribution >= 4 is 38.1 Å². The Morgan fingerprint density at radius 1 is 0.757 bits per heavy atom. The van der Waals surface area contributed by atoms with Gasteiger partial charge in [-0.1, -0.05) is 72.0 Å². The van der Waals surface area contributed by atoms with Gasteiger partial charge in [-0.3, -0.25) is 14.8 Å². The third-order valence-corrected chi connectivity index (χ3v) is 7.87. The lowest BCUT2D eigenvalue weighted by atomic mass is 10.1. The highest BCUT2D eigenvalue weighted by Gasteiger charge is 2.18. The first-order valence-corrected chi connectivity index (χ1v) is 13.5. The number of hydrogen-bond acceptors (Lipinski definition) is 5. The second-order valence-electron chi connectivity index (χ2n) is 8.02. The highest BCUT2D eigenvalue weighted by atomic mass is 32.2. The van der Waals surface area contributed by atoms with Crippen LogP contribution in [0.2, 0.25) is 0 Å². The van der Waals surface area contributed by atoms with Gasteiger partial charge in [-0.05, 0) is 54.1 Å². The summed E-state index contributed by atoms with van der Waals surface area (Å²) < 4.78 is 40.6. The van der Waals surface area contributed by atoms with Gasteiger partial charge in [-0.2, -0.15) is 0 Å². The molecule has 5 aromatic rings. The van der Waals surface area contributed by atoms with Crippen LogP contribution in [0.4, 0.5) is 15.2 Å². The molecule has 6 nitrogen and oxygen atoms in total. The Kier molecular flexibility index (Phi) is 6.80. The molecule has 0 aliphatic carbocycles. The molecule has 1 aromatic heterocycles. The first-order valence-electron chi connectivity index (χ1n) is 11.2. The van der Waals surface area contributed by atoms with Crippen molar-refractivity contribution in [3.63, 3.8) is 0 Å². The van der Waals surface area contributed by atoms with Crippen LogP contribution in [0.25, 0.3) is 21.7 Å². The SMILES string of the molecule is O=C(Nc1nc(-c2ccccc2)c(-c2ccccc2)s1)c1ccc(NS(=O)(=O)c2ccc(F)cc2)cc1. The first-order chi connectivity index (χ1) is 17.9. The van der Waals surface area contributed by atoms with Crippen molar-refractivity contribution < 1.29 is 17.6 Å². The molecule has 0 saturated carbocycles. The molecule has 37 heavy (non-hydrogen) atoms. The third kappa shape index (κ3) is 5.58. The van der Waals surface area contributed by atoms with Gasteiger partial charge in [0.1, 0.15) is 5.82 Å². The standard InChI is InChI=1S/C28H20FN3O3S2/c29-22-13-17-24(18-14-22)37(34,35)32-23-15-11-21(12-16-23)27(33)31-28-30-25(19-7-3-1-4-8-19)26(36-28)20-9-5-2-6-10-20/h1-18,32H,(H,30,31,33). The summed E-state index contributed by atoms with van der Waals surface area (Å²) in [6, 6.07) is 30.1. The lowest BCUT2D eigenvalue weighted by Crippen LogP contribution is -2.14. The number of carbonyl (C=O) groups excluding carboxylic acids is 1. The fourth-order valence-corrected chi connectivity index (χ4v) is 5.68. The van der Waals surface area contributed by atoms with E-state index in [0.29, 0.717) is 10.7 Å². The predicted molar refractivity (Wildman–Crippen MR) is 145 cm³/mol. The monoisotopic (exact) mass is 529 g/mol. The minimum Gasteiger partial charge on any atom is -0.298 e. The summed E-state index contributed by atoms with van der Waals surface area (Å²) >= 11 is 1.38. The second kappa shape index (κ2) is 10.3. The number of anilines is 2. The van der Waals surface area contributed by atoms with Gasteiger partial charge in [0.15, 0.2) is 5.13 Å². The number of thiazole rings is 1. The molecule has 0 fully saturated rings. The Hall–Kier alpha value is -4.34. The van der Waals surface area contributed by atoms with Crippen molar-refractivity contribution in [3.8, 4) is 21.7 Å². The molecule has 1 amide bonds. The number of sulfonamides is 1. The summed E-state index contributed by atoms with van der Waals surface area (Å²) in [4.78, 5) is 18.5. The quantitative estimate of drug-likeness (QED) is 0.247. The Morgan fingerprint density at radius 2 is 1.35 bits per heavy atom. The van der Waals surface area contributed by atoms with Crippen LogP contribution in [0, 0.1) is 5.82 Å². The smallest absolute Gasteiger partial charge is 0.261 e. The number of hydrogen-bond donors (Lipinski definition) is 2. The van der Waals surface area contributed by atoms with E-state index < -0.39 is 15.8 Å². The third-order valence-electron chi connectivity index (χ3n) is 5.45. The lowest BCUT2D eigenvalue weighted by molar-refractivity contribution is 0.102. The van der Waals surface area contributed by atoms with Crippen LogP contribution in [-0.2, 0) is 10.0 Å². The molecule has 0 saturated heterocycles. The Balaban J connectivity index is 1.35. The summed E-state index contributed by atoms with van der Waals surface area (Å²) in [6.07, 6.45) is 0. The van der Waals surface area contributed by atoms with Crippen LogP contribution in [0.5, 0.6) is 0 Å². The van der Waals surface area contributed by atoms with Crippen LogP contribution >= 0.6 is 11.3 Å². The van der Waals surface area contributed by atoms with E-state index in [2.05, 4.69) is 10.0 Å². The highest BCUT2D eigenvalue weighted by molar-refractivity contribution is 7.92. The van der Waals surface area contributed by atoms with Gasteiger partial charge in [0.25, 0.3) is 15.9 Å². The summed E-state index contributed by atoms with van der Waals surface area (Å²) in [5.41, 5.74) is 3.32. The molecule has 9 heteroatoms. The number of aromatic nitrogens is 1. The van der Waals surface area contributed by atoms with E-state index in [4.69, 9.17) is 4.98 Å². The van der Waals surface area contributed by atoms with Gasteiger partial charge >= 0.3 is 0 Å². The van der Waals surface area contributed by atoms with E-state index in [9.17, 15) is 17.6 Å². The van der Waals surface area contributed by atoms with Gasteiger partial charge < -0.3 is 0 Å². The Bertz CT molecular complexity index is 1580. The zero-order valence-corrected chi connectivity index (χ0v) is 20.9. The number of nitrogens with one attached hydrogen (secondary N) is 2. The number of carbonyl (C=O) groups is 1. The molecule has 0 aliphatic heterocycles. The van der Waals surface area contributed by atoms with Crippen molar-refractivity contribution in [2.24, 2.45) is 0 Å². The highest BCUT2D eigenvalue weighted by Crippen LogP contribution is 2.39. The van der Waals surface area contributed by atoms with E-state index in [-0.39, 0.29) is 16.5 Å². The van der Waals surface area contributed by atoms with Crippen molar-refractivity contribution in [1.82, 2.24) is 4.98 Å². The maximum atomic E-state index is 13.1. The Labute approximate surface area is 217 Å². The number of rotatable bonds is 7. The zero-order valence-electron chi connectivity index (χ0n) is 19.3. The van der Waals surface area contributed by atoms with Gasteiger partial charge in [-0.15, -0.1) is 0 Å². The molecule has 5 rings (SSSR count). The van der Waals surface area contributed by atoms with Crippen LogP contribution in [0.15, 0.2) is 114 Å².